The average molecular weight is 180 g/mol. The van der Waals surface area contributed by atoms with Crippen molar-refractivity contribution in [2.45, 2.75) is 4.90 Å². The Bertz CT molecular complexity index is 267. The van der Waals surface area contributed by atoms with Gasteiger partial charge in [-0.15, -0.1) is 0 Å². The van der Waals surface area contributed by atoms with Gasteiger partial charge in [0.05, 0.1) is 10.6 Å². The maximum atomic E-state index is 10.5. The Morgan fingerprint density at radius 2 is 1.91 bits per heavy atom. The Balaban J connectivity index is 0.000001000. The first kappa shape index (κ1) is 11.1. The number of anilines is 1. The summed E-state index contributed by atoms with van der Waals surface area (Å²) in [5.41, 5.74) is 5.72. The van der Waals surface area contributed by atoms with Crippen molar-refractivity contribution in [1.82, 2.24) is 0 Å². The molecule has 0 aromatic heterocycles. The topological polar surface area (TPSA) is 63.3 Å². The Kier molecular flexibility index (Phi) is 4.96. The largest absolute Gasteiger partial charge is 1.00 e. The molecule has 5 heteroatoms. The molecule has 0 radical (unpaired) electrons. The molecule has 54 valence electrons. The van der Waals surface area contributed by atoms with Crippen molar-refractivity contribution in [1.29, 1.82) is 0 Å². The molecule has 1 rings (SSSR count). The minimum absolute atomic E-state index is 0. The monoisotopic (exact) mass is 180 g/mol. The van der Waals surface area contributed by atoms with E-state index in [-0.39, 0.29) is 34.5 Å². The Morgan fingerprint density at radius 3 is 2.27 bits per heavy atom. The van der Waals surface area contributed by atoms with E-state index in [0.29, 0.717) is 5.69 Å². The molecule has 1 unspecified atom stereocenters. The van der Waals surface area contributed by atoms with Crippen LogP contribution in [0.3, 0.4) is 0 Å². The van der Waals surface area contributed by atoms with Crippen LogP contribution in [-0.4, -0.2) is 8.76 Å². The Hall–Kier alpha value is 0.130. The van der Waals surface area contributed by atoms with Gasteiger partial charge in [-0.1, -0.05) is 12.1 Å². The molecule has 1 aromatic rings. The van der Waals surface area contributed by atoms with Gasteiger partial charge in [0.2, 0.25) is 0 Å². The van der Waals surface area contributed by atoms with Gasteiger partial charge >= 0.3 is 29.6 Å². The van der Waals surface area contributed by atoms with E-state index >= 15 is 0 Å². The van der Waals surface area contributed by atoms with Crippen molar-refractivity contribution in [2.24, 2.45) is 0 Å². The molecular formula is C6H7NNaO2S+. The van der Waals surface area contributed by atoms with E-state index in [2.05, 4.69) is 0 Å². The summed E-state index contributed by atoms with van der Waals surface area (Å²) in [7, 11) is 0. The van der Waals surface area contributed by atoms with Crippen molar-refractivity contribution in [3.05, 3.63) is 24.3 Å². The van der Waals surface area contributed by atoms with Crippen LogP contribution in [0.2, 0.25) is 0 Å². The van der Waals surface area contributed by atoms with Crippen LogP contribution in [0.15, 0.2) is 29.2 Å². The van der Waals surface area contributed by atoms with E-state index in [4.69, 9.17) is 10.3 Å². The van der Waals surface area contributed by atoms with Crippen molar-refractivity contribution in [2.75, 3.05) is 5.73 Å². The van der Waals surface area contributed by atoms with Gasteiger partial charge in [-0.2, -0.15) is 0 Å². The minimum atomic E-state index is -1.97. The standard InChI is InChI=1S/C6H7NO2S.Na/c7-5-3-1-2-4-6(5)10(8)9;/h1-4H,7H2,(H,8,9);/q;+1. The molecule has 1 aromatic carbocycles. The summed E-state index contributed by atoms with van der Waals surface area (Å²) in [5.74, 6) is 0. The second kappa shape index (κ2) is 4.90. The molecular weight excluding hydrogens is 173 g/mol. The molecule has 0 saturated heterocycles. The van der Waals surface area contributed by atoms with Crippen LogP contribution in [0.1, 0.15) is 0 Å². The van der Waals surface area contributed by atoms with Gasteiger partial charge in [-0.05, 0) is 12.1 Å². The molecule has 0 heterocycles. The molecule has 3 nitrogen and oxygen atoms in total. The first-order valence-corrected chi connectivity index (χ1v) is 3.78. The maximum Gasteiger partial charge on any atom is 1.00 e. The SMILES string of the molecule is Nc1ccccc1S(=O)O.[Na+]. The summed E-state index contributed by atoms with van der Waals surface area (Å²) in [6.07, 6.45) is 0. The fourth-order valence-electron chi connectivity index (χ4n) is 0.640. The van der Waals surface area contributed by atoms with Gasteiger partial charge < -0.3 is 10.3 Å². The number of nitrogen functional groups attached to an aromatic ring is 1. The van der Waals surface area contributed by atoms with Gasteiger partial charge in [-0.25, -0.2) is 4.21 Å². The molecule has 0 fully saturated rings. The summed E-state index contributed by atoms with van der Waals surface area (Å²) < 4.78 is 19.0. The van der Waals surface area contributed by atoms with E-state index < -0.39 is 11.1 Å². The molecule has 0 aliphatic heterocycles. The predicted molar refractivity (Wildman–Crippen MR) is 39.9 cm³/mol. The van der Waals surface area contributed by atoms with Gasteiger partial charge in [0.1, 0.15) is 0 Å². The number of para-hydroxylation sites is 1. The molecule has 1 atom stereocenters. The second-order valence-corrected chi connectivity index (χ2v) is 2.73. The van der Waals surface area contributed by atoms with Crippen molar-refractivity contribution in [3.63, 3.8) is 0 Å². The average Bonchev–Trinajstić information content (AvgIpc) is 1.88. The third-order valence-corrected chi connectivity index (χ3v) is 1.86. The van der Waals surface area contributed by atoms with Gasteiger partial charge in [-0.3, -0.25) is 0 Å². The first-order chi connectivity index (χ1) is 4.72. The van der Waals surface area contributed by atoms with E-state index in [1.54, 1.807) is 18.2 Å². The third kappa shape index (κ3) is 2.92. The molecule has 11 heavy (non-hydrogen) atoms. The summed E-state index contributed by atoms with van der Waals surface area (Å²) in [4.78, 5) is 0.266. The molecule has 0 spiro atoms. The van der Waals surface area contributed by atoms with E-state index in [1.807, 2.05) is 0 Å². The molecule has 0 amide bonds. The Morgan fingerprint density at radius 1 is 1.36 bits per heavy atom. The molecule has 0 saturated carbocycles. The quantitative estimate of drug-likeness (QED) is 0.294. The summed E-state index contributed by atoms with van der Waals surface area (Å²) in [6, 6.07) is 6.49. The van der Waals surface area contributed by atoms with Crippen molar-refractivity contribution in [3.8, 4) is 0 Å². The van der Waals surface area contributed by atoms with Crippen molar-refractivity contribution >= 4 is 16.8 Å². The number of rotatable bonds is 1. The van der Waals surface area contributed by atoms with Crippen LogP contribution in [0, 0.1) is 0 Å². The number of hydrogen-bond donors (Lipinski definition) is 2. The van der Waals surface area contributed by atoms with Crippen LogP contribution in [-0.2, 0) is 11.1 Å². The van der Waals surface area contributed by atoms with Gasteiger partial charge in [0, 0.05) is 0 Å². The molecule has 0 aliphatic carbocycles. The summed E-state index contributed by atoms with van der Waals surface area (Å²) >= 11 is -1.97. The predicted octanol–water partition coefficient (Wildman–Crippen LogP) is -2.15. The zero-order chi connectivity index (χ0) is 7.56. The first-order valence-electron chi connectivity index (χ1n) is 2.67. The van der Waals surface area contributed by atoms with E-state index in [0.717, 1.165) is 0 Å². The molecule has 3 N–H and O–H groups in total. The van der Waals surface area contributed by atoms with Gasteiger partial charge in [0.25, 0.3) is 0 Å². The zero-order valence-electron chi connectivity index (χ0n) is 6.15. The van der Waals surface area contributed by atoms with Crippen LogP contribution >= 0.6 is 0 Å². The van der Waals surface area contributed by atoms with E-state index in [9.17, 15) is 4.21 Å². The smallest absolute Gasteiger partial charge is 0.398 e. The number of hydrogen-bond acceptors (Lipinski definition) is 2. The number of nitrogens with two attached hydrogens (primary N) is 1. The van der Waals surface area contributed by atoms with Gasteiger partial charge in [0.15, 0.2) is 11.1 Å². The fraction of sp³-hybridized carbons (Fsp3) is 0. The second-order valence-electron chi connectivity index (χ2n) is 1.79. The van der Waals surface area contributed by atoms with Crippen LogP contribution in [0.25, 0.3) is 0 Å². The third-order valence-electron chi connectivity index (χ3n) is 1.11. The zero-order valence-corrected chi connectivity index (χ0v) is 8.97. The van der Waals surface area contributed by atoms with Crippen LogP contribution < -0.4 is 35.3 Å². The van der Waals surface area contributed by atoms with Crippen molar-refractivity contribution < 1.29 is 38.3 Å². The maximum absolute atomic E-state index is 10.5. The van der Waals surface area contributed by atoms with Crippen LogP contribution in [0.4, 0.5) is 5.69 Å². The number of benzene rings is 1. The minimum Gasteiger partial charge on any atom is -0.398 e. The fourth-order valence-corrected chi connectivity index (χ4v) is 1.10. The van der Waals surface area contributed by atoms with Crippen LogP contribution in [0.5, 0.6) is 0 Å². The summed E-state index contributed by atoms with van der Waals surface area (Å²) in [5, 5.41) is 0. The molecule has 0 bridgehead atoms. The Labute approximate surface area is 89.6 Å². The van der Waals surface area contributed by atoms with E-state index in [1.165, 1.54) is 6.07 Å². The molecule has 0 aliphatic rings. The normalized spacial score (nSPS) is 11.7. The summed E-state index contributed by atoms with van der Waals surface area (Å²) in [6.45, 7) is 0.